The summed E-state index contributed by atoms with van der Waals surface area (Å²) in [5.41, 5.74) is 3.06. The number of carbonyl (C=O) groups excluding carboxylic acids is 2. The fraction of sp³-hybridized carbons (Fsp3) is 0.259. The topological polar surface area (TPSA) is 58.6 Å². The zero-order valence-corrected chi connectivity index (χ0v) is 18.7. The number of nitrogens with zero attached hydrogens (tertiary/aromatic N) is 1. The lowest BCUT2D eigenvalue weighted by molar-refractivity contribution is -0.141. The van der Waals surface area contributed by atoms with Gasteiger partial charge in [-0.1, -0.05) is 72.8 Å². The van der Waals surface area contributed by atoms with E-state index < -0.39 is 6.04 Å². The van der Waals surface area contributed by atoms with Gasteiger partial charge in [-0.2, -0.15) is 0 Å². The van der Waals surface area contributed by atoms with E-state index in [1.165, 1.54) is 0 Å². The quantitative estimate of drug-likeness (QED) is 0.529. The van der Waals surface area contributed by atoms with Crippen molar-refractivity contribution >= 4 is 11.8 Å². The van der Waals surface area contributed by atoms with Crippen LogP contribution in [-0.4, -0.2) is 36.9 Å². The Balaban J connectivity index is 1.86. The first-order chi connectivity index (χ1) is 15.6. The summed E-state index contributed by atoms with van der Waals surface area (Å²) in [6.07, 6.45) is 1.42. The van der Waals surface area contributed by atoms with Gasteiger partial charge in [-0.15, -0.1) is 0 Å². The lowest BCUT2D eigenvalue weighted by atomic mass is 10.0. The molecule has 0 heterocycles. The maximum absolute atomic E-state index is 13.4. The number of nitrogens with one attached hydrogen (secondary N) is 1. The summed E-state index contributed by atoms with van der Waals surface area (Å²) in [6, 6.07) is 26.7. The fourth-order valence-electron chi connectivity index (χ4n) is 3.69. The number of hydrogen-bond donors (Lipinski definition) is 1. The molecule has 5 heteroatoms. The monoisotopic (exact) mass is 430 g/mol. The average molecular weight is 431 g/mol. The molecular weight excluding hydrogens is 400 g/mol. The molecule has 1 atom stereocenters. The highest BCUT2D eigenvalue weighted by atomic mass is 16.5. The smallest absolute Gasteiger partial charge is 0.242 e. The molecule has 0 saturated heterocycles. The molecule has 0 saturated carbocycles. The van der Waals surface area contributed by atoms with Crippen molar-refractivity contribution in [2.45, 2.75) is 31.8 Å². The van der Waals surface area contributed by atoms with Crippen LogP contribution in [0.25, 0.3) is 0 Å². The van der Waals surface area contributed by atoms with E-state index in [9.17, 15) is 9.59 Å². The molecule has 3 rings (SSSR count). The molecule has 0 aliphatic rings. The van der Waals surface area contributed by atoms with Gasteiger partial charge >= 0.3 is 0 Å². The highest BCUT2D eigenvalue weighted by Gasteiger charge is 2.29. The van der Waals surface area contributed by atoms with Gasteiger partial charge in [0.05, 0.1) is 7.11 Å². The SMILES string of the molecule is CNC(=O)C(Cc1ccccc1)N(Cc1ccc(OC)cc1)C(=O)CCc1ccccc1. The molecule has 0 bridgehead atoms. The zero-order valence-electron chi connectivity index (χ0n) is 18.7. The van der Waals surface area contributed by atoms with Gasteiger partial charge in [0.2, 0.25) is 11.8 Å². The Labute approximate surface area is 190 Å². The standard InChI is InChI=1S/C27H30N2O3/c1-28-27(31)25(19-22-11-7-4-8-12-22)29(20-23-13-16-24(32-2)17-14-23)26(30)18-15-21-9-5-3-6-10-21/h3-14,16-17,25H,15,18-20H2,1-2H3,(H,28,31). The van der Waals surface area contributed by atoms with E-state index in [0.717, 1.165) is 22.4 Å². The highest BCUT2D eigenvalue weighted by Crippen LogP contribution is 2.19. The van der Waals surface area contributed by atoms with Crippen molar-refractivity contribution in [1.29, 1.82) is 0 Å². The Morgan fingerprint density at radius 1 is 0.844 bits per heavy atom. The summed E-state index contributed by atoms with van der Waals surface area (Å²) < 4.78 is 5.25. The number of aryl methyl sites for hydroxylation is 1. The van der Waals surface area contributed by atoms with Crippen molar-refractivity contribution in [1.82, 2.24) is 10.2 Å². The maximum Gasteiger partial charge on any atom is 0.242 e. The molecule has 1 N–H and O–H groups in total. The third-order valence-electron chi connectivity index (χ3n) is 5.50. The Hall–Kier alpha value is -3.60. The molecule has 3 aromatic rings. The van der Waals surface area contributed by atoms with E-state index in [1.54, 1.807) is 19.1 Å². The van der Waals surface area contributed by atoms with Crippen LogP contribution in [0.2, 0.25) is 0 Å². The second-order valence-electron chi connectivity index (χ2n) is 7.68. The first-order valence-electron chi connectivity index (χ1n) is 10.8. The second-order valence-corrected chi connectivity index (χ2v) is 7.68. The van der Waals surface area contributed by atoms with Crippen LogP contribution in [0.3, 0.4) is 0 Å². The summed E-state index contributed by atoms with van der Waals surface area (Å²) in [4.78, 5) is 28.0. The molecule has 1 unspecified atom stereocenters. The lowest BCUT2D eigenvalue weighted by Gasteiger charge is -2.31. The Kier molecular flexibility index (Phi) is 8.44. The average Bonchev–Trinajstić information content (AvgIpc) is 2.85. The predicted molar refractivity (Wildman–Crippen MR) is 126 cm³/mol. The van der Waals surface area contributed by atoms with Crippen LogP contribution in [0, 0.1) is 0 Å². The van der Waals surface area contributed by atoms with E-state index in [0.29, 0.717) is 25.8 Å². The molecule has 0 aliphatic carbocycles. The van der Waals surface area contributed by atoms with Gasteiger partial charge in [0, 0.05) is 26.4 Å². The first kappa shape index (κ1) is 23.1. The third-order valence-corrected chi connectivity index (χ3v) is 5.50. The van der Waals surface area contributed by atoms with Crippen molar-refractivity contribution in [3.8, 4) is 5.75 Å². The summed E-state index contributed by atoms with van der Waals surface area (Å²) in [5, 5.41) is 2.75. The molecule has 3 aromatic carbocycles. The molecule has 166 valence electrons. The van der Waals surface area contributed by atoms with Crippen LogP contribution in [0.4, 0.5) is 0 Å². The number of ether oxygens (including phenoxy) is 1. The first-order valence-corrected chi connectivity index (χ1v) is 10.8. The summed E-state index contributed by atoms with van der Waals surface area (Å²) in [6.45, 7) is 0.350. The molecular formula is C27H30N2O3. The van der Waals surface area contributed by atoms with Crippen LogP contribution in [0.5, 0.6) is 5.75 Å². The fourth-order valence-corrected chi connectivity index (χ4v) is 3.69. The van der Waals surface area contributed by atoms with E-state index in [2.05, 4.69) is 5.32 Å². The van der Waals surface area contributed by atoms with Crippen molar-refractivity contribution in [2.75, 3.05) is 14.2 Å². The minimum Gasteiger partial charge on any atom is -0.497 e. The van der Waals surface area contributed by atoms with Gasteiger partial charge in [-0.05, 0) is 35.2 Å². The number of rotatable bonds is 10. The van der Waals surface area contributed by atoms with Crippen LogP contribution in [0.15, 0.2) is 84.9 Å². The van der Waals surface area contributed by atoms with Crippen molar-refractivity contribution in [3.05, 3.63) is 102 Å². The molecule has 0 radical (unpaired) electrons. The number of amides is 2. The van der Waals surface area contributed by atoms with Crippen LogP contribution >= 0.6 is 0 Å². The minimum atomic E-state index is -0.604. The van der Waals surface area contributed by atoms with Crippen LogP contribution in [-0.2, 0) is 29.0 Å². The molecule has 0 aromatic heterocycles. The summed E-state index contributed by atoms with van der Waals surface area (Å²) in [7, 11) is 3.23. The Bertz CT molecular complexity index is 988. The highest BCUT2D eigenvalue weighted by molar-refractivity contribution is 5.88. The molecule has 0 fully saturated rings. The van der Waals surface area contributed by atoms with Crippen molar-refractivity contribution in [3.63, 3.8) is 0 Å². The van der Waals surface area contributed by atoms with Gasteiger partial charge in [0.1, 0.15) is 11.8 Å². The number of hydrogen-bond acceptors (Lipinski definition) is 3. The summed E-state index contributed by atoms with van der Waals surface area (Å²) >= 11 is 0. The molecule has 5 nitrogen and oxygen atoms in total. The molecule has 0 spiro atoms. The number of methoxy groups -OCH3 is 1. The van der Waals surface area contributed by atoms with E-state index in [-0.39, 0.29) is 11.8 Å². The molecule has 2 amide bonds. The largest absolute Gasteiger partial charge is 0.497 e. The van der Waals surface area contributed by atoms with Crippen LogP contribution < -0.4 is 10.1 Å². The number of benzene rings is 3. The van der Waals surface area contributed by atoms with E-state index >= 15 is 0 Å². The zero-order chi connectivity index (χ0) is 22.8. The lowest BCUT2D eigenvalue weighted by Crippen LogP contribution is -2.49. The second kappa shape index (κ2) is 11.7. The normalized spacial score (nSPS) is 11.4. The van der Waals surface area contributed by atoms with Gasteiger partial charge in [-0.25, -0.2) is 0 Å². The predicted octanol–water partition coefficient (Wildman–Crippen LogP) is 4.01. The third kappa shape index (κ3) is 6.45. The van der Waals surface area contributed by atoms with E-state index in [1.807, 2.05) is 84.9 Å². The van der Waals surface area contributed by atoms with Crippen molar-refractivity contribution in [2.24, 2.45) is 0 Å². The summed E-state index contributed by atoms with van der Waals surface area (Å²) in [5.74, 6) is 0.535. The van der Waals surface area contributed by atoms with Gasteiger partial charge in [-0.3, -0.25) is 9.59 Å². The number of likely N-dealkylation sites (N-methyl/N-ethyl adjacent to an activating group) is 1. The minimum absolute atomic E-state index is 0.0470. The van der Waals surface area contributed by atoms with Gasteiger partial charge in [0.25, 0.3) is 0 Å². The number of carbonyl (C=O) groups is 2. The van der Waals surface area contributed by atoms with Crippen molar-refractivity contribution < 1.29 is 14.3 Å². The van der Waals surface area contributed by atoms with Crippen LogP contribution in [0.1, 0.15) is 23.1 Å². The van der Waals surface area contributed by atoms with Gasteiger partial charge < -0.3 is 15.0 Å². The van der Waals surface area contributed by atoms with Gasteiger partial charge in [0.15, 0.2) is 0 Å². The molecule has 0 aliphatic heterocycles. The Morgan fingerprint density at radius 3 is 2.00 bits per heavy atom. The molecule has 32 heavy (non-hydrogen) atoms. The van der Waals surface area contributed by atoms with E-state index in [4.69, 9.17) is 4.74 Å². The maximum atomic E-state index is 13.4. The Morgan fingerprint density at radius 2 is 1.44 bits per heavy atom.